The molecule has 1 N–H and O–H groups in total. The molecule has 3 heterocycles. The lowest BCUT2D eigenvalue weighted by Gasteiger charge is -2.34. The van der Waals surface area contributed by atoms with E-state index in [-0.39, 0.29) is 11.4 Å². The third-order valence-corrected chi connectivity index (χ3v) is 6.04. The molecule has 11 nitrogen and oxygen atoms in total. The smallest absolute Gasteiger partial charge is 0.358 e. The second kappa shape index (κ2) is 6.54. The molecule has 1 atom stereocenters. The Bertz CT molecular complexity index is 888. The molecular weight excluding hydrogens is 350 g/mol. The molecule has 1 unspecified atom stereocenters. The first kappa shape index (κ1) is 17.5. The van der Waals surface area contributed by atoms with Gasteiger partial charge < -0.3 is 20.0 Å². The van der Waals surface area contributed by atoms with Crippen LogP contribution in [0.25, 0.3) is 0 Å². The first-order valence-electron chi connectivity index (χ1n) is 7.78. The Morgan fingerprint density at radius 2 is 2.24 bits per heavy atom. The van der Waals surface area contributed by atoms with E-state index < -0.39 is 26.8 Å². The fourth-order valence-corrected chi connectivity index (χ4v) is 4.57. The molecule has 136 valence electrons. The lowest BCUT2D eigenvalue weighted by Crippen LogP contribution is -2.49. The Morgan fingerprint density at radius 1 is 1.48 bits per heavy atom. The molecule has 0 amide bonds. The third-order valence-electron chi connectivity index (χ3n) is 4.14. The number of hydrogen-bond donors (Lipinski definition) is 1. The lowest BCUT2D eigenvalue weighted by atomic mass is 10.2. The van der Waals surface area contributed by atoms with E-state index >= 15 is 0 Å². The fourth-order valence-electron chi connectivity index (χ4n) is 2.88. The molecule has 0 radical (unpaired) electrons. The van der Waals surface area contributed by atoms with Gasteiger partial charge in [-0.15, -0.1) is 0 Å². The molecule has 2 aromatic rings. The number of nitrogens with zero attached hydrogens (tertiary/aromatic N) is 6. The second-order valence-electron chi connectivity index (χ2n) is 5.66. The number of imidazole rings is 1. The quantitative estimate of drug-likeness (QED) is 0.575. The summed E-state index contributed by atoms with van der Waals surface area (Å²) in [5.74, 6) is -0.0831. The van der Waals surface area contributed by atoms with Gasteiger partial charge in [0, 0.05) is 39.1 Å². The number of nitro groups is 1. The zero-order valence-electron chi connectivity index (χ0n) is 13.9. The van der Waals surface area contributed by atoms with Crippen LogP contribution in [0.4, 0.5) is 5.82 Å². The van der Waals surface area contributed by atoms with Crippen LogP contribution in [0.1, 0.15) is 18.8 Å². The lowest BCUT2D eigenvalue weighted by molar-refractivity contribution is -0.392. The van der Waals surface area contributed by atoms with Crippen molar-refractivity contribution in [3.8, 4) is 0 Å². The highest BCUT2D eigenvalue weighted by molar-refractivity contribution is 7.89. The van der Waals surface area contributed by atoms with E-state index in [1.807, 2.05) is 0 Å². The number of nitrogens with one attached hydrogen (secondary N) is 1. The average molecular weight is 369 g/mol. The normalized spacial score (nSPS) is 19.2. The first-order chi connectivity index (χ1) is 11.9. The minimum absolute atomic E-state index is 0.189. The molecule has 3 rings (SSSR count). The summed E-state index contributed by atoms with van der Waals surface area (Å²) in [5.41, 5.74) is 0. The zero-order chi connectivity index (χ0) is 18.2. The number of sulfonamides is 1. The van der Waals surface area contributed by atoms with Crippen LogP contribution in [0, 0.1) is 10.1 Å². The Hall–Kier alpha value is -2.31. The van der Waals surface area contributed by atoms with Crippen molar-refractivity contribution in [2.24, 2.45) is 7.05 Å². The third kappa shape index (κ3) is 3.03. The van der Waals surface area contributed by atoms with Crippen molar-refractivity contribution in [1.82, 2.24) is 29.0 Å². The predicted octanol–water partition coefficient (Wildman–Crippen LogP) is -0.120. The van der Waals surface area contributed by atoms with E-state index in [4.69, 9.17) is 0 Å². The highest BCUT2D eigenvalue weighted by Crippen LogP contribution is 2.31. The minimum atomic E-state index is -4.10. The van der Waals surface area contributed by atoms with E-state index in [0.717, 1.165) is 0 Å². The summed E-state index contributed by atoms with van der Waals surface area (Å²) in [7, 11) is -2.33. The number of rotatable bonds is 5. The summed E-state index contributed by atoms with van der Waals surface area (Å²) < 4.78 is 30.6. The molecule has 0 bridgehead atoms. The molecule has 0 spiro atoms. The van der Waals surface area contributed by atoms with E-state index in [1.165, 1.54) is 15.2 Å². The summed E-state index contributed by atoms with van der Waals surface area (Å²) >= 11 is 0. The molecule has 1 saturated heterocycles. The van der Waals surface area contributed by atoms with Crippen LogP contribution in [0.2, 0.25) is 0 Å². The average Bonchev–Trinajstić information content (AvgIpc) is 3.21. The minimum Gasteiger partial charge on any atom is -0.358 e. The van der Waals surface area contributed by atoms with Crippen LogP contribution < -0.4 is 5.32 Å². The van der Waals surface area contributed by atoms with Crippen LogP contribution in [0.15, 0.2) is 23.5 Å². The number of hydrogen-bond acceptors (Lipinski definition) is 7. The van der Waals surface area contributed by atoms with E-state index in [9.17, 15) is 18.5 Å². The molecule has 1 aliphatic rings. The van der Waals surface area contributed by atoms with Crippen molar-refractivity contribution in [2.45, 2.75) is 24.4 Å². The van der Waals surface area contributed by atoms with Crippen molar-refractivity contribution in [3.63, 3.8) is 0 Å². The van der Waals surface area contributed by atoms with Crippen molar-refractivity contribution in [1.29, 1.82) is 0 Å². The topological polar surface area (TPSA) is 128 Å². The van der Waals surface area contributed by atoms with Crippen molar-refractivity contribution in [3.05, 3.63) is 34.5 Å². The molecule has 1 aliphatic heterocycles. The molecule has 1 fully saturated rings. The van der Waals surface area contributed by atoms with Gasteiger partial charge in [0.05, 0.1) is 23.9 Å². The standard InChI is InChI=1S/C13H19N7O4S/c1-3-18-9-11(13(16-18)20(21)22)25(23,24)19-7-4-14-8-10(19)12-15-5-6-17(12)2/h5-6,9-10,14H,3-4,7-8H2,1-2H3. The van der Waals surface area contributed by atoms with Crippen LogP contribution >= 0.6 is 0 Å². The summed E-state index contributed by atoms with van der Waals surface area (Å²) in [6, 6.07) is -0.552. The highest BCUT2D eigenvalue weighted by Gasteiger charge is 2.41. The Balaban J connectivity index is 2.08. The summed E-state index contributed by atoms with van der Waals surface area (Å²) in [4.78, 5) is 14.3. The van der Waals surface area contributed by atoms with Crippen LogP contribution in [0.3, 0.4) is 0 Å². The molecule has 0 saturated carbocycles. The Kier molecular flexibility index (Phi) is 4.58. The monoisotopic (exact) mass is 369 g/mol. The van der Waals surface area contributed by atoms with Gasteiger partial charge in [0.15, 0.2) is 0 Å². The van der Waals surface area contributed by atoms with Crippen molar-refractivity contribution < 1.29 is 13.3 Å². The van der Waals surface area contributed by atoms with E-state index in [2.05, 4.69) is 15.4 Å². The van der Waals surface area contributed by atoms with Crippen molar-refractivity contribution >= 4 is 15.8 Å². The summed E-state index contributed by atoms with van der Waals surface area (Å²) in [6.07, 6.45) is 4.53. The van der Waals surface area contributed by atoms with Gasteiger partial charge in [-0.05, 0) is 11.8 Å². The fraction of sp³-hybridized carbons (Fsp3) is 0.538. The first-order valence-corrected chi connectivity index (χ1v) is 9.22. The zero-order valence-corrected chi connectivity index (χ0v) is 14.7. The number of aromatic nitrogens is 4. The maximum atomic E-state index is 13.2. The Morgan fingerprint density at radius 3 is 2.84 bits per heavy atom. The summed E-state index contributed by atoms with van der Waals surface area (Å²) in [5, 5.41) is 18.2. The maximum absolute atomic E-state index is 13.2. The molecule has 0 aromatic carbocycles. The maximum Gasteiger partial charge on any atom is 0.410 e. The van der Waals surface area contributed by atoms with Crippen LogP contribution in [-0.4, -0.2) is 56.6 Å². The van der Waals surface area contributed by atoms with Gasteiger partial charge in [0.1, 0.15) is 5.82 Å². The van der Waals surface area contributed by atoms with Gasteiger partial charge in [0.25, 0.3) is 10.0 Å². The molecule has 0 aliphatic carbocycles. The number of aryl methyl sites for hydroxylation is 2. The molecular formula is C13H19N7O4S. The van der Waals surface area contributed by atoms with Gasteiger partial charge in [-0.2, -0.15) is 8.99 Å². The van der Waals surface area contributed by atoms with Gasteiger partial charge in [-0.3, -0.25) is 0 Å². The van der Waals surface area contributed by atoms with Gasteiger partial charge in [-0.1, -0.05) is 0 Å². The second-order valence-corrected chi connectivity index (χ2v) is 7.52. The largest absolute Gasteiger partial charge is 0.410 e. The van der Waals surface area contributed by atoms with E-state index in [1.54, 1.807) is 30.9 Å². The predicted molar refractivity (Wildman–Crippen MR) is 87.3 cm³/mol. The molecule has 12 heteroatoms. The van der Waals surface area contributed by atoms with Gasteiger partial charge >= 0.3 is 5.82 Å². The highest BCUT2D eigenvalue weighted by atomic mass is 32.2. The molecule has 2 aromatic heterocycles. The van der Waals surface area contributed by atoms with Gasteiger partial charge in [-0.25, -0.2) is 13.4 Å². The van der Waals surface area contributed by atoms with Crippen molar-refractivity contribution in [2.75, 3.05) is 19.6 Å². The van der Waals surface area contributed by atoms with Crippen LogP contribution in [-0.2, 0) is 23.6 Å². The SMILES string of the molecule is CCn1cc(S(=O)(=O)N2CCNCC2c2nccn2C)c([N+](=O)[O-])n1. The number of piperazine rings is 1. The van der Waals surface area contributed by atoms with Crippen LogP contribution in [0.5, 0.6) is 0 Å². The molecule has 25 heavy (non-hydrogen) atoms. The Labute approximate surface area is 144 Å². The summed E-state index contributed by atoms with van der Waals surface area (Å²) in [6.45, 7) is 3.08. The van der Waals surface area contributed by atoms with E-state index in [0.29, 0.717) is 25.5 Å². The van der Waals surface area contributed by atoms with Gasteiger partial charge in [0.2, 0.25) is 4.90 Å².